The summed E-state index contributed by atoms with van der Waals surface area (Å²) in [6.45, 7) is 5.47. The van der Waals surface area contributed by atoms with E-state index in [1.807, 2.05) is 4.90 Å². The van der Waals surface area contributed by atoms with Gasteiger partial charge in [-0.05, 0) is 24.3 Å². The van der Waals surface area contributed by atoms with E-state index in [0.717, 1.165) is 25.2 Å². The van der Waals surface area contributed by atoms with Crippen LogP contribution >= 0.6 is 0 Å². The van der Waals surface area contributed by atoms with Gasteiger partial charge in [-0.1, -0.05) is 0 Å². The van der Waals surface area contributed by atoms with Crippen molar-refractivity contribution in [3.8, 4) is 0 Å². The number of carbonyl (C=O) groups excluding carboxylic acids is 2. The number of alkyl halides is 2. The third kappa shape index (κ3) is 6.42. The van der Waals surface area contributed by atoms with Crippen LogP contribution in [0.2, 0.25) is 0 Å². The maximum Gasteiger partial charge on any atom is 0.341 e. The quantitative estimate of drug-likeness (QED) is 0.616. The van der Waals surface area contributed by atoms with Crippen molar-refractivity contribution in [1.29, 1.82) is 0 Å². The maximum atomic E-state index is 12.6. The normalized spacial score (nSPS) is 18.9. The first-order valence-electron chi connectivity index (χ1n) is 9.98. The fourth-order valence-electron chi connectivity index (χ4n) is 3.44. The average molecular weight is 461 g/mol. The molecule has 172 valence electrons. The molecule has 3 rings (SSSR count). The van der Waals surface area contributed by atoms with Gasteiger partial charge >= 0.3 is 5.76 Å². The number of hydrogen-bond acceptors (Lipinski definition) is 7. The molecule has 0 bridgehead atoms. The standard InChI is InChI=1S/C19H26F2N4O5S/c20-19(21)31(28,29)16-3-1-15(2-4-16)22-17(26)13-23-5-7-25(8-6-23)18(27)14-24-9-11-30-12-10-24/h1-4,19H,5-14H2,(H,22,26). The van der Waals surface area contributed by atoms with Gasteiger partial charge in [0.1, 0.15) is 0 Å². The number of anilines is 1. The zero-order chi connectivity index (χ0) is 22.4. The molecule has 0 saturated carbocycles. The second-order valence-electron chi connectivity index (χ2n) is 7.42. The minimum atomic E-state index is -4.66. The molecule has 0 aromatic heterocycles. The van der Waals surface area contributed by atoms with E-state index < -0.39 is 20.5 Å². The van der Waals surface area contributed by atoms with E-state index >= 15 is 0 Å². The number of halogens is 2. The van der Waals surface area contributed by atoms with Crippen LogP contribution in [0.3, 0.4) is 0 Å². The number of amides is 2. The van der Waals surface area contributed by atoms with Crippen molar-refractivity contribution in [3.63, 3.8) is 0 Å². The molecule has 0 atom stereocenters. The molecule has 1 aromatic rings. The zero-order valence-corrected chi connectivity index (χ0v) is 17.8. The van der Waals surface area contributed by atoms with E-state index in [1.54, 1.807) is 4.90 Å². The molecule has 0 radical (unpaired) electrons. The second kappa shape index (κ2) is 10.4. The summed E-state index contributed by atoms with van der Waals surface area (Å²) in [6.07, 6.45) is 0. The lowest BCUT2D eigenvalue weighted by molar-refractivity contribution is -0.135. The molecular formula is C19H26F2N4O5S. The third-order valence-corrected chi connectivity index (χ3v) is 6.65. The Hall–Kier alpha value is -2.15. The SMILES string of the molecule is O=C(CN1CCN(C(=O)CN2CCOCC2)CC1)Nc1ccc(S(=O)(=O)C(F)F)cc1. The van der Waals surface area contributed by atoms with Crippen molar-refractivity contribution < 1.29 is 31.5 Å². The van der Waals surface area contributed by atoms with Crippen molar-refractivity contribution in [2.75, 3.05) is 70.9 Å². The first-order chi connectivity index (χ1) is 14.8. The van der Waals surface area contributed by atoms with E-state index in [2.05, 4.69) is 10.2 Å². The van der Waals surface area contributed by atoms with Gasteiger partial charge in [-0.2, -0.15) is 8.78 Å². The molecule has 2 amide bonds. The average Bonchev–Trinajstić information content (AvgIpc) is 2.75. The van der Waals surface area contributed by atoms with Crippen LogP contribution in [0.15, 0.2) is 29.2 Å². The van der Waals surface area contributed by atoms with Crippen LogP contribution in [-0.4, -0.2) is 106 Å². The van der Waals surface area contributed by atoms with Crippen LogP contribution in [0.5, 0.6) is 0 Å². The summed E-state index contributed by atoms with van der Waals surface area (Å²) < 4.78 is 53.3. The predicted molar refractivity (Wildman–Crippen MR) is 109 cm³/mol. The Morgan fingerprint density at radius 3 is 2.10 bits per heavy atom. The Morgan fingerprint density at radius 1 is 0.935 bits per heavy atom. The molecule has 31 heavy (non-hydrogen) atoms. The molecule has 2 aliphatic rings. The van der Waals surface area contributed by atoms with Crippen molar-refractivity contribution in [2.45, 2.75) is 10.7 Å². The fourth-order valence-corrected chi connectivity index (χ4v) is 4.16. The zero-order valence-electron chi connectivity index (χ0n) is 17.0. The number of ether oxygens (including phenoxy) is 1. The lowest BCUT2D eigenvalue weighted by Crippen LogP contribution is -2.53. The molecule has 0 spiro atoms. The van der Waals surface area contributed by atoms with Gasteiger partial charge in [0, 0.05) is 45.0 Å². The number of morpholine rings is 1. The highest BCUT2D eigenvalue weighted by molar-refractivity contribution is 7.91. The van der Waals surface area contributed by atoms with E-state index in [0.29, 0.717) is 51.6 Å². The second-order valence-corrected chi connectivity index (χ2v) is 9.34. The lowest BCUT2D eigenvalue weighted by Gasteiger charge is -2.36. The van der Waals surface area contributed by atoms with Crippen LogP contribution in [0.4, 0.5) is 14.5 Å². The number of nitrogens with zero attached hydrogens (tertiary/aromatic N) is 3. The monoisotopic (exact) mass is 460 g/mol. The number of nitrogens with one attached hydrogen (secondary N) is 1. The molecule has 9 nitrogen and oxygen atoms in total. The summed E-state index contributed by atoms with van der Waals surface area (Å²) in [7, 11) is -4.66. The Labute approximate surface area is 179 Å². The number of hydrogen-bond donors (Lipinski definition) is 1. The van der Waals surface area contributed by atoms with Crippen molar-refractivity contribution in [1.82, 2.24) is 14.7 Å². The van der Waals surface area contributed by atoms with Crippen molar-refractivity contribution in [2.24, 2.45) is 0 Å². The molecule has 2 aliphatic heterocycles. The number of rotatable bonds is 7. The highest BCUT2D eigenvalue weighted by Gasteiger charge is 2.27. The topological polar surface area (TPSA) is 99.3 Å². The summed E-state index contributed by atoms with van der Waals surface area (Å²) in [6, 6.07) is 4.62. The Morgan fingerprint density at radius 2 is 1.52 bits per heavy atom. The van der Waals surface area contributed by atoms with Crippen LogP contribution in [-0.2, 0) is 24.2 Å². The minimum absolute atomic E-state index is 0.0739. The Kier molecular flexibility index (Phi) is 7.92. The minimum Gasteiger partial charge on any atom is -0.379 e. The third-order valence-electron chi connectivity index (χ3n) is 5.26. The Bertz CT molecular complexity index is 868. The molecule has 0 aliphatic carbocycles. The lowest BCUT2D eigenvalue weighted by atomic mass is 10.2. The number of sulfone groups is 1. The molecule has 2 fully saturated rings. The highest BCUT2D eigenvalue weighted by Crippen LogP contribution is 2.20. The van der Waals surface area contributed by atoms with Crippen LogP contribution in [0.25, 0.3) is 0 Å². The van der Waals surface area contributed by atoms with Gasteiger partial charge in [-0.3, -0.25) is 19.4 Å². The summed E-state index contributed by atoms with van der Waals surface area (Å²) in [4.78, 5) is 30.0. The van der Waals surface area contributed by atoms with Gasteiger partial charge in [0.15, 0.2) is 0 Å². The smallest absolute Gasteiger partial charge is 0.341 e. The molecule has 2 heterocycles. The van der Waals surface area contributed by atoms with E-state index in [9.17, 15) is 26.8 Å². The first-order valence-corrected chi connectivity index (χ1v) is 11.5. The van der Waals surface area contributed by atoms with Gasteiger partial charge in [0.2, 0.25) is 21.7 Å². The van der Waals surface area contributed by atoms with Gasteiger partial charge in [-0.25, -0.2) is 8.42 Å². The van der Waals surface area contributed by atoms with Gasteiger partial charge < -0.3 is 15.0 Å². The van der Waals surface area contributed by atoms with Crippen LogP contribution in [0, 0.1) is 0 Å². The van der Waals surface area contributed by atoms with Crippen molar-refractivity contribution >= 4 is 27.3 Å². The number of carbonyl (C=O) groups is 2. The molecular weight excluding hydrogens is 434 g/mol. The fraction of sp³-hybridized carbons (Fsp3) is 0.579. The summed E-state index contributed by atoms with van der Waals surface area (Å²) in [5.74, 6) is -3.73. The number of benzene rings is 1. The summed E-state index contributed by atoms with van der Waals surface area (Å²) in [5, 5.41) is 2.62. The van der Waals surface area contributed by atoms with Gasteiger partial charge in [0.05, 0.1) is 31.2 Å². The van der Waals surface area contributed by atoms with Crippen LogP contribution in [0.1, 0.15) is 0 Å². The molecule has 12 heteroatoms. The van der Waals surface area contributed by atoms with Crippen molar-refractivity contribution in [3.05, 3.63) is 24.3 Å². The summed E-state index contributed by atoms with van der Waals surface area (Å²) in [5.41, 5.74) is 0.317. The van der Waals surface area contributed by atoms with Gasteiger partial charge in [-0.15, -0.1) is 0 Å². The van der Waals surface area contributed by atoms with E-state index in [4.69, 9.17) is 4.74 Å². The summed E-state index contributed by atoms with van der Waals surface area (Å²) >= 11 is 0. The van der Waals surface area contributed by atoms with E-state index in [1.165, 1.54) is 12.1 Å². The maximum absolute atomic E-state index is 12.6. The van der Waals surface area contributed by atoms with E-state index in [-0.39, 0.29) is 18.4 Å². The Balaban J connectivity index is 1.42. The largest absolute Gasteiger partial charge is 0.379 e. The first kappa shape index (κ1) is 23.5. The van der Waals surface area contributed by atoms with Gasteiger partial charge in [0.25, 0.3) is 0 Å². The van der Waals surface area contributed by atoms with Crippen LogP contribution < -0.4 is 5.32 Å². The molecule has 1 aromatic carbocycles. The molecule has 0 unspecified atom stereocenters. The number of piperazine rings is 1. The molecule has 1 N–H and O–H groups in total. The highest BCUT2D eigenvalue weighted by atomic mass is 32.2. The molecule has 2 saturated heterocycles. The predicted octanol–water partition coefficient (Wildman–Crippen LogP) is 0.0978.